The highest BCUT2D eigenvalue weighted by Crippen LogP contribution is 2.28. The zero-order chi connectivity index (χ0) is 11.9. The van der Waals surface area contributed by atoms with Crippen molar-refractivity contribution in [2.45, 2.75) is 17.9 Å². The summed E-state index contributed by atoms with van der Waals surface area (Å²) in [6.45, 7) is 1.71. The molecule has 0 spiro atoms. The summed E-state index contributed by atoms with van der Waals surface area (Å²) in [4.78, 5) is 11.3. The first-order valence-corrected chi connectivity index (χ1v) is 6.17. The summed E-state index contributed by atoms with van der Waals surface area (Å²) in [7, 11) is -3.75. The van der Waals surface area contributed by atoms with Crippen LogP contribution in [0.3, 0.4) is 0 Å². The Morgan fingerprint density at radius 2 is 2.00 bits per heavy atom. The minimum Gasteiger partial charge on any atom is -0.372 e. The molecule has 0 aliphatic carbocycles. The summed E-state index contributed by atoms with van der Waals surface area (Å²) in [6, 6.07) is 3.96. The number of nitrogens with one attached hydrogen (secondary N) is 2. The van der Waals surface area contributed by atoms with Crippen LogP contribution in [0.4, 0.5) is 11.4 Å². The van der Waals surface area contributed by atoms with E-state index in [4.69, 9.17) is 5.14 Å². The van der Waals surface area contributed by atoms with Gasteiger partial charge in [-0.1, -0.05) is 0 Å². The number of fused-ring (bicyclic) bond motifs is 1. The highest BCUT2D eigenvalue weighted by atomic mass is 32.2. The van der Waals surface area contributed by atoms with E-state index in [1.54, 1.807) is 13.0 Å². The number of carbonyl (C=O) groups excluding carboxylic acids is 1. The Balaban J connectivity index is 2.48. The molecule has 1 heterocycles. The molecule has 7 heteroatoms. The van der Waals surface area contributed by atoms with Crippen molar-refractivity contribution < 1.29 is 13.2 Å². The van der Waals surface area contributed by atoms with Gasteiger partial charge in [0, 0.05) is 0 Å². The van der Waals surface area contributed by atoms with E-state index < -0.39 is 10.0 Å². The van der Waals surface area contributed by atoms with Gasteiger partial charge in [-0.3, -0.25) is 4.79 Å². The van der Waals surface area contributed by atoms with Crippen molar-refractivity contribution in [3.63, 3.8) is 0 Å². The molecule has 0 radical (unpaired) electrons. The summed E-state index contributed by atoms with van der Waals surface area (Å²) in [5.74, 6) is -0.209. The van der Waals surface area contributed by atoms with Gasteiger partial charge in [-0.25, -0.2) is 13.6 Å². The fraction of sp³-hybridized carbons (Fsp3) is 0.222. The summed E-state index contributed by atoms with van der Waals surface area (Å²) < 4.78 is 22.2. The number of amides is 1. The smallest absolute Gasteiger partial charge is 0.246 e. The minimum atomic E-state index is -3.75. The molecule has 2 rings (SSSR count). The van der Waals surface area contributed by atoms with E-state index in [0.29, 0.717) is 11.4 Å². The number of sulfonamides is 1. The van der Waals surface area contributed by atoms with Crippen molar-refractivity contribution in [1.29, 1.82) is 0 Å². The molecule has 0 aromatic heterocycles. The molecule has 86 valence electrons. The molecule has 1 aromatic carbocycles. The Kier molecular flexibility index (Phi) is 2.36. The molecule has 1 aliphatic heterocycles. The van der Waals surface area contributed by atoms with Crippen LogP contribution >= 0.6 is 0 Å². The first kappa shape index (κ1) is 10.9. The first-order chi connectivity index (χ1) is 7.38. The van der Waals surface area contributed by atoms with Crippen LogP contribution in [0.25, 0.3) is 0 Å². The second kappa shape index (κ2) is 3.46. The van der Waals surface area contributed by atoms with E-state index in [1.807, 2.05) is 0 Å². The number of primary sulfonamides is 1. The van der Waals surface area contributed by atoms with Crippen LogP contribution in [-0.2, 0) is 14.8 Å². The van der Waals surface area contributed by atoms with Crippen LogP contribution in [0.15, 0.2) is 23.1 Å². The third-order valence-corrected chi connectivity index (χ3v) is 3.25. The average molecular weight is 241 g/mol. The second-order valence-electron chi connectivity index (χ2n) is 3.61. The molecule has 4 N–H and O–H groups in total. The third-order valence-electron chi connectivity index (χ3n) is 2.34. The maximum atomic E-state index is 11.4. The van der Waals surface area contributed by atoms with Gasteiger partial charge in [0.05, 0.1) is 16.3 Å². The third kappa shape index (κ3) is 1.86. The van der Waals surface area contributed by atoms with Gasteiger partial charge in [0.25, 0.3) is 0 Å². The van der Waals surface area contributed by atoms with Gasteiger partial charge in [-0.05, 0) is 25.1 Å². The average Bonchev–Trinajstić information content (AvgIpc) is 2.17. The molecule has 6 nitrogen and oxygen atoms in total. The van der Waals surface area contributed by atoms with Crippen LogP contribution in [0, 0.1) is 0 Å². The number of anilines is 2. The molecule has 0 saturated heterocycles. The Morgan fingerprint density at radius 3 is 2.62 bits per heavy atom. The monoisotopic (exact) mass is 241 g/mol. The van der Waals surface area contributed by atoms with E-state index in [2.05, 4.69) is 10.6 Å². The number of carbonyl (C=O) groups is 1. The van der Waals surface area contributed by atoms with Crippen molar-refractivity contribution >= 4 is 27.3 Å². The molecular formula is C9H11N3O3S. The van der Waals surface area contributed by atoms with Crippen molar-refractivity contribution in [2.75, 3.05) is 10.6 Å². The van der Waals surface area contributed by atoms with E-state index >= 15 is 0 Å². The molecule has 1 unspecified atom stereocenters. The number of hydrogen-bond acceptors (Lipinski definition) is 4. The number of rotatable bonds is 1. The Labute approximate surface area is 92.9 Å². The van der Waals surface area contributed by atoms with Gasteiger partial charge in [-0.2, -0.15) is 0 Å². The molecule has 0 bridgehead atoms. The number of nitrogens with two attached hydrogens (primary N) is 1. The molecule has 1 amide bonds. The van der Waals surface area contributed by atoms with Crippen molar-refractivity contribution in [2.24, 2.45) is 5.14 Å². The Morgan fingerprint density at radius 1 is 1.31 bits per heavy atom. The Hall–Kier alpha value is -1.60. The Bertz CT molecular complexity index is 553. The lowest BCUT2D eigenvalue weighted by atomic mass is 10.1. The lowest BCUT2D eigenvalue weighted by Crippen LogP contribution is -2.36. The highest BCUT2D eigenvalue weighted by Gasteiger charge is 2.22. The van der Waals surface area contributed by atoms with Crippen molar-refractivity contribution in [3.05, 3.63) is 18.2 Å². The van der Waals surface area contributed by atoms with E-state index in [-0.39, 0.29) is 16.8 Å². The molecule has 1 aliphatic rings. The van der Waals surface area contributed by atoms with Gasteiger partial charge in [0.2, 0.25) is 15.9 Å². The summed E-state index contributed by atoms with van der Waals surface area (Å²) >= 11 is 0. The van der Waals surface area contributed by atoms with E-state index in [0.717, 1.165) is 0 Å². The standard InChI is InChI=1S/C9H11N3O3S/c1-5-9(13)12-8-4-6(16(10,14)15)2-3-7(8)11-5/h2-5,11H,1H3,(H,12,13)(H2,10,14,15). The van der Waals surface area contributed by atoms with Gasteiger partial charge in [0.15, 0.2) is 0 Å². The molecule has 16 heavy (non-hydrogen) atoms. The zero-order valence-electron chi connectivity index (χ0n) is 8.52. The van der Waals surface area contributed by atoms with E-state index in [1.165, 1.54) is 12.1 Å². The van der Waals surface area contributed by atoms with Crippen LogP contribution in [-0.4, -0.2) is 20.4 Å². The van der Waals surface area contributed by atoms with Crippen LogP contribution in [0.1, 0.15) is 6.92 Å². The zero-order valence-corrected chi connectivity index (χ0v) is 9.34. The normalized spacial score (nSPS) is 19.6. The topological polar surface area (TPSA) is 101 Å². The maximum absolute atomic E-state index is 11.4. The quantitative estimate of drug-likeness (QED) is 0.648. The number of benzene rings is 1. The summed E-state index contributed by atoms with van der Waals surface area (Å²) in [5, 5.41) is 10.5. The van der Waals surface area contributed by atoms with Crippen molar-refractivity contribution in [1.82, 2.24) is 0 Å². The molecule has 1 atom stereocenters. The lowest BCUT2D eigenvalue weighted by Gasteiger charge is -2.24. The second-order valence-corrected chi connectivity index (χ2v) is 5.17. The fourth-order valence-corrected chi connectivity index (χ4v) is 2.01. The minimum absolute atomic E-state index is 0.0251. The van der Waals surface area contributed by atoms with E-state index in [9.17, 15) is 13.2 Å². The van der Waals surface area contributed by atoms with Gasteiger partial charge in [0.1, 0.15) is 6.04 Å². The molecular weight excluding hydrogens is 230 g/mol. The molecule has 1 aromatic rings. The van der Waals surface area contributed by atoms with Crippen LogP contribution in [0.5, 0.6) is 0 Å². The SMILES string of the molecule is CC1Nc2ccc(S(N)(=O)=O)cc2NC1=O. The predicted octanol–water partition coefficient (Wildman–Crippen LogP) is 0.0865. The maximum Gasteiger partial charge on any atom is 0.246 e. The van der Waals surface area contributed by atoms with Crippen molar-refractivity contribution in [3.8, 4) is 0 Å². The van der Waals surface area contributed by atoms with Gasteiger partial charge in [-0.15, -0.1) is 0 Å². The molecule has 0 fully saturated rings. The van der Waals surface area contributed by atoms with Gasteiger partial charge >= 0.3 is 0 Å². The fourth-order valence-electron chi connectivity index (χ4n) is 1.47. The van der Waals surface area contributed by atoms with Crippen LogP contribution < -0.4 is 15.8 Å². The molecule has 0 saturated carbocycles. The first-order valence-electron chi connectivity index (χ1n) is 4.62. The van der Waals surface area contributed by atoms with Gasteiger partial charge < -0.3 is 10.6 Å². The summed E-state index contributed by atoms with van der Waals surface area (Å²) in [6.07, 6.45) is 0. The predicted molar refractivity (Wildman–Crippen MR) is 59.5 cm³/mol. The number of hydrogen-bond donors (Lipinski definition) is 3. The highest BCUT2D eigenvalue weighted by molar-refractivity contribution is 7.89. The van der Waals surface area contributed by atoms with Crippen LogP contribution in [0.2, 0.25) is 0 Å². The largest absolute Gasteiger partial charge is 0.372 e. The lowest BCUT2D eigenvalue weighted by molar-refractivity contribution is -0.116. The summed E-state index contributed by atoms with van der Waals surface area (Å²) in [5.41, 5.74) is 1.11.